The standard InChI is InChI=1S/C15H28.3C2H6.CH4/c1-6-15-8-12(2)7-14(5,11-15)9-13(3,4)10-15;3*1-2;/h12H,6-11H2,1-5H3;3*1-2H3;1H4. The zero-order valence-electron chi connectivity index (χ0n) is 17.3. The fraction of sp³-hybridized carbons (Fsp3) is 1.00. The molecule has 138 valence electrons. The molecule has 0 aromatic carbocycles. The molecule has 2 aliphatic carbocycles. The predicted molar refractivity (Wildman–Crippen MR) is 108 cm³/mol. The SMILES string of the molecule is C.CC.CC.CC.CCC12CC(C)CC(C)(CC(C)(C)C1)C2. The topological polar surface area (TPSA) is 0 Å². The summed E-state index contributed by atoms with van der Waals surface area (Å²) in [6.07, 6.45) is 8.78. The Bertz CT molecular complexity index is 249. The Labute approximate surface area is 144 Å². The van der Waals surface area contributed by atoms with Gasteiger partial charge < -0.3 is 0 Å². The van der Waals surface area contributed by atoms with Gasteiger partial charge in [0.15, 0.2) is 0 Å². The third-order valence-electron chi connectivity index (χ3n) is 4.93. The van der Waals surface area contributed by atoms with Crippen LogP contribution in [0.5, 0.6) is 0 Å². The number of hydrogen-bond donors (Lipinski definition) is 0. The minimum absolute atomic E-state index is 0. The van der Waals surface area contributed by atoms with Gasteiger partial charge in [0, 0.05) is 0 Å². The van der Waals surface area contributed by atoms with Crippen LogP contribution in [0.25, 0.3) is 0 Å². The van der Waals surface area contributed by atoms with E-state index in [0.29, 0.717) is 16.2 Å². The molecule has 2 bridgehead atoms. The molecule has 2 saturated carbocycles. The normalized spacial score (nSPS) is 34.2. The summed E-state index contributed by atoms with van der Waals surface area (Å²) in [5.41, 5.74) is 1.92. The molecule has 2 fully saturated rings. The van der Waals surface area contributed by atoms with Gasteiger partial charge in [-0.25, -0.2) is 0 Å². The smallest absolute Gasteiger partial charge is 0.0287 e. The van der Waals surface area contributed by atoms with Gasteiger partial charge in [-0.15, -0.1) is 0 Å². The molecule has 0 aliphatic heterocycles. The molecule has 2 aliphatic rings. The van der Waals surface area contributed by atoms with E-state index in [1.807, 2.05) is 41.5 Å². The third kappa shape index (κ3) is 7.51. The minimum Gasteiger partial charge on any atom is -0.0776 e. The predicted octanol–water partition coefficient (Wildman–Crippen LogP) is 8.74. The van der Waals surface area contributed by atoms with Crippen LogP contribution in [-0.4, -0.2) is 0 Å². The molecule has 2 rings (SSSR count). The summed E-state index contributed by atoms with van der Waals surface area (Å²) in [5.74, 6) is 0.958. The zero-order valence-corrected chi connectivity index (χ0v) is 17.3. The van der Waals surface area contributed by atoms with E-state index in [4.69, 9.17) is 0 Å². The molecular weight excluding hydrogens is 264 g/mol. The van der Waals surface area contributed by atoms with Gasteiger partial charge in [-0.2, -0.15) is 0 Å². The van der Waals surface area contributed by atoms with Gasteiger partial charge in [-0.3, -0.25) is 0 Å². The lowest BCUT2D eigenvalue weighted by Gasteiger charge is -2.58. The van der Waals surface area contributed by atoms with Gasteiger partial charge >= 0.3 is 0 Å². The van der Waals surface area contributed by atoms with Crippen molar-refractivity contribution in [1.29, 1.82) is 0 Å². The molecule has 0 aromatic rings. The summed E-state index contributed by atoms with van der Waals surface area (Å²) in [7, 11) is 0. The maximum Gasteiger partial charge on any atom is -0.0287 e. The van der Waals surface area contributed by atoms with Gasteiger partial charge in [0.25, 0.3) is 0 Å². The first-order valence-corrected chi connectivity index (χ1v) is 9.78. The van der Waals surface area contributed by atoms with Crippen LogP contribution in [0.15, 0.2) is 0 Å². The van der Waals surface area contributed by atoms with Crippen molar-refractivity contribution in [3.8, 4) is 0 Å². The molecule has 22 heavy (non-hydrogen) atoms. The molecule has 0 saturated heterocycles. The summed E-state index contributed by atoms with van der Waals surface area (Å²) >= 11 is 0. The fourth-order valence-corrected chi connectivity index (χ4v) is 5.60. The van der Waals surface area contributed by atoms with E-state index >= 15 is 0 Å². The maximum absolute atomic E-state index is 2.55. The van der Waals surface area contributed by atoms with Gasteiger partial charge in [0.05, 0.1) is 0 Å². The Balaban J connectivity index is -0.000000463. The zero-order chi connectivity index (χ0) is 17.3. The second kappa shape index (κ2) is 11.5. The lowest BCUT2D eigenvalue weighted by Crippen LogP contribution is -2.47. The molecule has 3 unspecified atom stereocenters. The van der Waals surface area contributed by atoms with Gasteiger partial charge in [0.2, 0.25) is 0 Å². The number of hydrogen-bond acceptors (Lipinski definition) is 0. The van der Waals surface area contributed by atoms with E-state index in [-0.39, 0.29) is 7.43 Å². The van der Waals surface area contributed by atoms with Crippen LogP contribution in [0, 0.1) is 22.2 Å². The van der Waals surface area contributed by atoms with E-state index in [2.05, 4.69) is 34.6 Å². The van der Waals surface area contributed by atoms with E-state index in [1.54, 1.807) is 0 Å². The highest BCUT2D eigenvalue weighted by Crippen LogP contribution is 2.63. The van der Waals surface area contributed by atoms with Crippen molar-refractivity contribution < 1.29 is 0 Å². The van der Waals surface area contributed by atoms with E-state index < -0.39 is 0 Å². The highest BCUT2D eigenvalue weighted by molar-refractivity contribution is 5.02. The molecule has 0 radical (unpaired) electrons. The van der Waals surface area contributed by atoms with Crippen molar-refractivity contribution in [3.05, 3.63) is 0 Å². The molecule has 0 spiro atoms. The van der Waals surface area contributed by atoms with E-state index in [9.17, 15) is 0 Å². The van der Waals surface area contributed by atoms with Crippen LogP contribution in [-0.2, 0) is 0 Å². The molecular formula is C22H50. The Morgan fingerprint density at radius 1 is 0.773 bits per heavy atom. The highest BCUT2D eigenvalue weighted by atomic mass is 14.6. The molecule has 3 atom stereocenters. The van der Waals surface area contributed by atoms with Gasteiger partial charge in [0.1, 0.15) is 0 Å². The maximum atomic E-state index is 2.55. The van der Waals surface area contributed by atoms with Crippen molar-refractivity contribution in [1.82, 2.24) is 0 Å². The van der Waals surface area contributed by atoms with E-state index in [0.717, 1.165) is 5.92 Å². The Morgan fingerprint density at radius 3 is 1.64 bits per heavy atom. The average molecular weight is 315 g/mol. The van der Waals surface area contributed by atoms with Crippen molar-refractivity contribution >= 4 is 0 Å². The van der Waals surface area contributed by atoms with Gasteiger partial charge in [-0.05, 0) is 54.3 Å². The Morgan fingerprint density at radius 2 is 1.23 bits per heavy atom. The van der Waals surface area contributed by atoms with E-state index in [1.165, 1.54) is 38.5 Å². The summed E-state index contributed by atoms with van der Waals surface area (Å²) in [6, 6.07) is 0. The van der Waals surface area contributed by atoms with Crippen LogP contribution in [0.4, 0.5) is 0 Å². The molecule has 0 aromatic heterocycles. The second-order valence-corrected chi connectivity index (χ2v) is 7.87. The quantitative estimate of drug-likeness (QED) is 0.453. The third-order valence-corrected chi connectivity index (χ3v) is 4.93. The lowest BCUT2D eigenvalue weighted by molar-refractivity contribution is -0.0748. The molecule has 0 nitrogen and oxygen atoms in total. The van der Waals surface area contributed by atoms with Crippen LogP contribution >= 0.6 is 0 Å². The first kappa shape index (κ1) is 26.9. The Kier molecular flexibility index (Phi) is 14.1. The Hall–Kier alpha value is 0. The minimum atomic E-state index is 0. The van der Waals surface area contributed by atoms with Crippen LogP contribution in [0.3, 0.4) is 0 Å². The first-order valence-electron chi connectivity index (χ1n) is 9.78. The summed E-state index contributed by atoms with van der Waals surface area (Å²) in [6.45, 7) is 24.4. The monoisotopic (exact) mass is 314 g/mol. The van der Waals surface area contributed by atoms with Crippen molar-refractivity contribution in [2.75, 3.05) is 0 Å². The van der Waals surface area contributed by atoms with Crippen LogP contribution in [0.2, 0.25) is 0 Å². The summed E-state index contributed by atoms with van der Waals surface area (Å²) in [4.78, 5) is 0. The van der Waals surface area contributed by atoms with Crippen molar-refractivity contribution in [2.24, 2.45) is 22.2 Å². The second-order valence-electron chi connectivity index (χ2n) is 7.87. The van der Waals surface area contributed by atoms with Crippen LogP contribution < -0.4 is 0 Å². The number of rotatable bonds is 1. The average Bonchev–Trinajstić information content (AvgIpc) is 2.41. The first-order chi connectivity index (χ1) is 9.78. The lowest BCUT2D eigenvalue weighted by atomic mass is 9.47. The highest BCUT2D eigenvalue weighted by Gasteiger charge is 2.51. The summed E-state index contributed by atoms with van der Waals surface area (Å²) in [5, 5.41) is 0. The number of fused-ring (bicyclic) bond motifs is 2. The largest absolute Gasteiger partial charge is 0.0776 e. The summed E-state index contributed by atoms with van der Waals surface area (Å²) < 4.78 is 0. The molecule has 0 heteroatoms. The molecule has 0 amide bonds. The van der Waals surface area contributed by atoms with Crippen molar-refractivity contribution in [2.45, 2.75) is 122 Å². The van der Waals surface area contributed by atoms with Crippen molar-refractivity contribution in [3.63, 3.8) is 0 Å². The fourth-order valence-electron chi connectivity index (χ4n) is 5.60. The van der Waals surface area contributed by atoms with Crippen LogP contribution in [0.1, 0.15) is 122 Å². The molecule has 0 N–H and O–H groups in total. The molecule has 0 heterocycles. The van der Waals surface area contributed by atoms with Gasteiger partial charge in [-0.1, -0.05) is 90.0 Å².